The second kappa shape index (κ2) is 5.70. The second-order valence-electron chi connectivity index (χ2n) is 5.20. The van der Waals surface area contributed by atoms with Crippen molar-refractivity contribution in [2.45, 2.75) is 38.0 Å². The molecule has 0 amide bonds. The van der Waals surface area contributed by atoms with E-state index in [2.05, 4.69) is 4.98 Å². The maximum atomic E-state index is 14.1. The number of hydrogen-bond acceptors (Lipinski definition) is 3. The Kier molecular flexibility index (Phi) is 3.94. The summed E-state index contributed by atoms with van der Waals surface area (Å²) in [6.07, 6.45) is 6.10. The Bertz CT molecular complexity index is 620. The van der Waals surface area contributed by atoms with E-state index in [1.807, 2.05) is 0 Å². The fraction of sp³-hybridized carbons (Fsp3) is 0.400. The minimum Gasteiger partial charge on any atom is -0.389 e. The van der Waals surface area contributed by atoms with Crippen LogP contribution >= 0.6 is 22.9 Å². The van der Waals surface area contributed by atoms with Crippen molar-refractivity contribution in [2.24, 2.45) is 0 Å². The van der Waals surface area contributed by atoms with Gasteiger partial charge in [-0.2, -0.15) is 0 Å². The van der Waals surface area contributed by atoms with Gasteiger partial charge in [-0.05, 0) is 25.0 Å². The number of anilines is 1. The molecule has 0 aliphatic heterocycles. The number of nitrogens with zero attached hydrogens (tertiary/aromatic N) is 1. The minimum absolute atomic E-state index is 0.106. The molecule has 1 aromatic carbocycles. The molecule has 20 heavy (non-hydrogen) atoms. The Labute approximate surface area is 126 Å². The Morgan fingerprint density at radius 1 is 1.25 bits per heavy atom. The summed E-state index contributed by atoms with van der Waals surface area (Å²) in [5.41, 5.74) is 6.98. The summed E-state index contributed by atoms with van der Waals surface area (Å²) in [5.74, 6) is 0.0356. The molecule has 1 aliphatic carbocycles. The molecule has 1 fully saturated rings. The van der Waals surface area contributed by atoms with Crippen molar-refractivity contribution in [3.63, 3.8) is 0 Å². The van der Waals surface area contributed by atoms with Gasteiger partial charge in [0.05, 0.1) is 10.0 Å². The number of halogens is 2. The van der Waals surface area contributed by atoms with Gasteiger partial charge in [0, 0.05) is 11.5 Å². The Morgan fingerprint density at radius 2 is 2.00 bits per heavy atom. The summed E-state index contributed by atoms with van der Waals surface area (Å²) in [4.78, 5) is 4.60. The highest BCUT2D eigenvalue weighted by Crippen LogP contribution is 2.40. The van der Waals surface area contributed by atoms with Crippen LogP contribution in [0, 0.1) is 5.82 Å². The van der Waals surface area contributed by atoms with Gasteiger partial charge in [0.2, 0.25) is 0 Å². The van der Waals surface area contributed by atoms with Crippen LogP contribution in [0.4, 0.5) is 9.39 Å². The van der Waals surface area contributed by atoms with Gasteiger partial charge in [-0.3, -0.25) is 0 Å². The van der Waals surface area contributed by atoms with Crippen molar-refractivity contribution in [1.82, 2.24) is 4.98 Å². The van der Waals surface area contributed by atoms with E-state index in [9.17, 15) is 4.39 Å². The van der Waals surface area contributed by atoms with Crippen LogP contribution in [0.2, 0.25) is 5.02 Å². The van der Waals surface area contributed by atoms with Crippen molar-refractivity contribution in [2.75, 3.05) is 5.73 Å². The van der Waals surface area contributed by atoms with Crippen LogP contribution in [-0.4, -0.2) is 4.98 Å². The van der Waals surface area contributed by atoms with E-state index in [1.54, 1.807) is 12.1 Å². The van der Waals surface area contributed by atoms with Crippen LogP contribution in [0.5, 0.6) is 0 Å². The number of nitrogen functional groups attached to an aromatic ring is 1. The highest BCUT2D eigenvalue weighted by molar-refractivity contribution is 7.16. The Hall–Kier alpha value is -1.13. The first kappa shape index (κ1) is 13.8. The van der Waals surface area contributed by atoms with Gasteiger partial charge in [0.15, 0.2) is 5.82 Å². The van der Waals surface area contributed by atoms with E-state index in [0.717, 1.165) is 17.8 Å². The summed E-state index contributed by atoms with van der Waals surface area (Å²) in [5, 5.41) is 1.72. The molecular formula is C15H16ClFN2S. The molecule has 3 rings (SSSR count). The van der Waals surface area contributed by atoms with Crippen LogP contribution in [0.1, 0.15) is 43.0 Å². The zero-order chi connectivity index (χ0) is 14.1. The Balaban J connectivity index is 1.98. The van der Waals surface area contributed by atoms with Crippen molar-refractivity contribution in [3.8, 4) is 11.3 Å². The van der Waals surface area contributed by atoms with E-state index in [1.165, 1.54) is 36.7 Å². The van der Waals surface area contributed by atoms with Gasteiger partial charge < -0.3 is 5.73 Å². The van der Waals surface area contributed by atoms with Crippen LogP contribution in [0.3, 0.4) is 0 Å². The van der Waals surface area contributed by atoms with Crippen LogP contribution in [0.25, 0.3) is 11.3 Å². The summed E-state index contributed by atoms with van der Waals surface area (Å²) in [6, 6.07) is 4.93. The number of thiazole rings is 1. The average Bonchev–Trinajstić information content (AvgIpc) is 2.85. The summed E-state index contributed by atoms with van der Waals surface area (Å²) in [6.45, 7) is 0. The Morgan fingerprint density at radius 3 is 2.75 bits per heavy atom. The van der Waals surface area contributed by atoms with Crippen molar-refractivity contribution >= 4 is 27.9 Å². The summed E-state index contributed by atoms with van der Waals surface area (Å²) in [7, 11) is 0. The lowest BCUT2D eigenvalue weighted by atomic mass is 9.90. The second-order valence-corrected chi connectivity index (χ2v) is 6.67. The molecule has 0 bridgehead atoms. The summed E-state index contributed by atoms with van der Waals surface area (Å²) >= 11 is 7.32. The minimum atomic E-state index is -0.443. The number of aromatic nitrogens is 1. The predicted octanol–water partition coefficient (Wildman–Crippen LogP) is 5.23. The lowest BCUT2D eigenvalue weighted by Gasteiger charge is -2.18. The van der Waals surface area contributed by atoms with Crippen LogP contribution < -0.4 is 5.73 Å². The van der Waals surface area contributed by atoms with E-state index >= 15 is 0 Å². The van der Waals surface area contributed by atoms with Gasteiger partial charge in [-0.1, -0.05) is 36.9 Å². The fourth-order valence-corrected chi connectivity index (χ4v) is 3.94. The first-order valence-electron chi connectivity index (χ1n) is 6.87. The number of hydrogen-bond donors (Lipinski definition) is 1. The standard InChI is InChI=1S/C15H16ClFN2S/c16-11-8-4-7-10(12(11)17)13-14(18)20-15(19-13)9-5-2-1-3-6-9/h4,7-9H,1-3,5-6,18H2. The molecule has 0 spiro atoms. The van der Waals surface area contributed by atoms with Crippen LogP contribution in [-0.2, 0) is 0 Å². The maximum absolute atomic E-state index is 14.1. The van der Waals surface area contributed by atoms with Crippen LogP contribution in [0.15, 0.2) is 18.2 Å². The number of rotatable bonds is 2. The summed E-state index contributed by atoms with van der Waals surface area (Å²) < 4.78 is 14.1. The molecule has 1 heterocycles. The highest BCUT2D eigenvalue weighted by atomic mass is 35.5. The lowest BCUT2D eigenvalue weighted by molar-refractivity contribution is 0.442. The zero-order valence-electron chi connectivity index (χ0n) is 11.0. The van der Waals surface area contributed by atoms with E-state index in [0.29, 0.717) is 22.2 Å². The first-order chi connectivity index (χ1) is 9.66. The van der Waals surface area contributed by atoms with Crippen molar-refractivity contribution in [1.29, 1.82) is 0 Å². The third kappa shape index (κ3) is 2.54. The molecule has 2 aromatic rings. The van der Waals surface area contributed by atoms with Gasteiger partial charge in [0.1, 0.15) is 10.7 Å². The largest absolute Gasteiger partial charge is 0.389 e. The molecule has 0 atom stereocenters. The molecular weight excluding hydrogens is 295 g/mol. The molecule has 1 aliphatic rings. The quantitative estimate of drug-likeness (QED) is 0.824. The normalized spacial score (nSPS) is 16.5. The predicted molar refractivity (Wildman–Crippen MR) is 82.8 cm³/mol. The maximum Gasteiger partial charge on any atom is 0.151 e. The zero-order valence-corrected chi connectivity index (χ0v) is 12.6. The van der Waals surface area contributed by atoms with Crippen molar-refractivity contribution in [3.05, 3.63) is 34.0 Å². The molecule has 2 N–H and O–H groups in total. The van der Waals surface area contributed by atoms with Gasteiger partial charge in [0.25, 0.3) is 0 Å². The highest BCUT2D eigenvalue weighted by Gasteiger charge is 2.22. The molecule has 1 aromatic heterocycles. The monoisotopic (exact) mass is 310 g/mol. The SMILES string of the molecule is Nc1sc(C2CCCCC2)nc1-c1cccc(Cl)c1F. The number of nitrogens with two attached hydrogens (primary N) is 1. The molecule has 0 radical (unpaired) electrons. The van der Waals surface area contributed by atoms with E-state index in [4.69, 9.17) is 17.3 Å². The molecule has 2 nitrogen and oxygen atoms in total. The fourth-order valence-electron chi connectivity index (χ4n) is 2.75. The van der Waals surface area contributed by atoms with Gasteiger partial charge >= 0.3 is 0 Å². The third-order valence-corrected chi connectivity index (χ3v) is 5.17. The smallest absolute Gasteiger partial charge is 0.151 e. The van der Waals surface area contributed by atoms with Gasteiger partial charge in [-0.25, -0.2) is 9.37 Å². The molecule has 0 saturated heterocycles. The molecule has 1 saturated carbocycles. The van der Waals surface area contributed by atoms with Gasteiger partial charge in [-0.15, -0.1) is 11.3 Å². The molecule has 106 valence electrons. The third-order valence-electron chi connectivity index (χ3n) is 3.83. The first-order valence-corrected chi connectivity index (χ1v) is 8.07. The molecule has 5 heteroatoms. The lowest BCUT2D eigenvalue weighted by Crippen LogP contribution is -2.03. The van der Waals surface area contributed by atoms with Crippen molar-refractivity contribution < 1.29 is 4.39 Å². The number of benzene rings is 1. The topological polar surface area (TPSA) is 38.9 Å². The average molecular weight is 311 g/mol. The van der Waals surface area contributed by atoms with E-state index < -0.39 is 5.82 Å². The van der Waals surface area contributed by atoms with E-state index in [-0.39, 0.29) is 5.02 Å². The molecule has 0 unspecified atom stereocenters.